The van der Waals surface area contributed by atoms with Crippen LogP contribution in [0, 0.1) is 5.92 Å². The number of ketones is 1. The Labute approximate surface area is 217 Å². The maximum absolute atomic E-state index is 12.6. The smallest absolute Gasteiger partial charge is 0.162 e. The van der Waals surface area contributed by atoms with Gasteiger partial charge in [-0.25, -0.2) is 0 Å². The molecule has 0 amide bonds. The van der Waals surface area contributed by atoms with E-state index in [4.69, 9.17) is 0 Å². The summed E-state index contributed by atoms with van der Waals surface area (Å²) in [5.41, 5.74) is 6.63. The number of rotatable bonds is 9. The second-order valence-corrected chi connectivity index (χ2v) is 10.3. The molecular formula is C32H54N2O. The summed E-state index contributed by atoms with van der Waals surface area (Å²) in [6.45, 7) is 17.3. The van der Waals surface area contributed by atoms with Gasteiger partial charge in [0.05, 0.1) is 0 Å². The number of carbonyl (C=O) groups excluding carboxylic acids is 1. The van der Waals surface area contributed by atoms with Crippen molar-refractivity contribution in [3.63, 3.8) is 0 Å². The second-order valence-electron chi connectivity index (χ2n) is 10.3. The number of likely N-dealkylation sites (N-methyl/N-ethyl adjacent to an activating group) is 1. The van der Waals surface area contributed by atoms with E-state index in [1.165, 1.54) is 48.0 Å². The molecule has 3 nitrogen and oxygen atoms in total. The fourth-order valence-corrected chi connectivity index (χ4v) is 4.53. The average molecular weight is 483 g/mol. The first-order valence-corrected chi connectivity index (χ1v) is 14.2. The zero-order valence-electron chi connectivity index (χ0n) is 24.3. The van der Waals surface area contributed by atoms with Crippen molar-refractivity contribution < 1.29 is 4.79 Å². The van der Waals surface area contributed by atoms with Crippen molar-refractivity contribution in [2.75, 3.05) is 40.3 Å². The van der Waals surface area contributed by atoms with Crippen molar-refractivity contribution in [2.45, 2.75) is 92.9 Å². The summed E-state index contributed by atoms with van der Waals surface area (Å²) in [4.78, 5) is 17.4. The van der Waals surface area contributed by atoms with Crippen molar-refractivity contribution in [3.05, 3.63) is 58.2 Å². The number of Topliss-reactive ketones (excluding diaryl/α,β-unsaturated/α-hetero) is 1. The van der Waals surface area contributed by atoms with E-state index in [9.17, 15) is 4.79 Å². The Morgan fingerprint density at radius 2 is 1.57 bits per heavy atom. The van der Waals surface area contributed by atoms with Gasteiger partial charge in [0.1, 0.15) is 0 Å². The predicted molar refractivity (Wildman–Crippen MR) is 155 cm³/mol. The fraction of sp³-hybridized carbons (Fsp3) is 0.656. The molecule has 3 rings (SSSR count). The van der Waals surface area contributed by atoms with Gasteiger partial charge in [-0.3, -0.25) is 4.79 Å². The van der Waals surface area contributed by atoms with Crippen LogP contribution in [0.1, 0.15) is 102 Å². The monoisotopic (exact) mass is 482 g/mol. The molecule has 0 saturated heterocycles. The van der Waals surface area contributed by atoms with Gasteiger partial charge < -0.3 is 9.80 Å². The van der Waals surface area contributed by atoms with Crippen molar-refractivity contribution in [3.8, 4) is 0 Å². The summed E-state index contributed by atoms with van der Waals surface area (Å²) in [5.74, 6) is 0.923. The number of benzene rings is 1. The van der Waals surface area contributed by atoms with Crippen molar-refractivity contribution >= 4 is 5.78 Å². The minimum Gasteiger partial charge on any atom is -0.306 e. The second kappa shape index (κ2) is 17.7. The van der Waals surface area contributed by atoms with Gasteiger partial charge in [-0.15, -0.1) is 0 Å². The third kappa shape index (κ3) is 12.2. The van der Waals surface area contributed by atoms with E-state index in [0.29, 0.717) is 18.1 Å². The highest BCUT2D eigenvalue weighted by atomic mass is 16.1. The Morgan fingerprint density at radius 3 is 2.14 bits per heavy atom. The third-order valence-electron chi connectivity index (χ3n) is 7.22. The van der Waals surface area contributed by atoms with Crippen LogP contribution in [0.4, 0.5) is 0 Å². The van der Waals surface area contributed by atoms with Gasteiger partial charge in [0.15, 0.2) is 5.78 Å². The Hall–Kier alpha value is -1.71. The summed E-state index contributed by atoms with van der Waals surface area (Å²) >= 11 is 0. The summed E-state index contributed by atoms with van der Waals surface area (Å²) in [6, 6.07) is 6.40. The van der Waals surface area contributed by atoms with Gasteiger partial charge in [0.25, 0.3) is 0 Å². The van der Waals surface area contributed by atoms with Crippen molar-refractivity contribution in [2.24, 2.45) is 5.92 Å². The van der Waals surface area contributed by atoms with Gasteiger partial charge in [-0.1, -0.05) is 63.1 Å². The lowest BCUT2D eigenvalue weighted by molar-refractivity contribution is 0.0973. The molecule has 1 heterocycles. The number of fused-ring (bicyclic) bond motifs is 1. The van der Waals surface area contributed by atoms with Gasteiger partial charge >= 0.3 is 0 Å². The SMILES string of the molecule is CC.CC1=CCCC=C1C.CCCN(C)CCC(C)CCC(=O)c1ccc2c(c1)CCN(C)CC2. The maximum atomic E-state index is 12.6. The molecule has 0 fully saturated rings. The number of hydrogen-bond acceptors (Lipinski definition) is 3. The molecule has 0 spiro atoms. The molecule has 0 radical (unpaired) electrons. The summed E-state index contributed by atoms with van der Waals surface area (Å²) in [7, 11) is 4.37. The molecule has 0 aromatic heterocycles. The highest BCUT2D eigenvalue weighted by Crippen LogP contribution is 2.20. The van der Waals surface area contributed by atoms with Crippen LogP contribution in [-0.4, -0.2) is 55.9 Å². The van der Waals surface area contributed by atoms with Crippen LogP contribution < -0.4 is 0 Å². The Kier molecular flexibility index (Phi) is 15.8. The summed E-state index contributed by atoms with van der Waals surface area (Å²) in [6.07, 6.45) is 13.3. The van der Waals surface area contributed by atoms with E-state index >= 15 is 0 Å². The van der Waals surface area contributed by atoms with Crippen LogP contribution in [0.3, 0.4) is 0 Å². The van der Waals surface area contributed by atoms with E-state index in [1.54, 1.807) is 0 Å². The summed E-state index contributed by atoms with van der Waals surface area (Å²) < 4.78 is 0. The van der Waals surface area contributed by atoms with Crippen molar-refractivity contribution in [1.29, 1.82) is 0 Å². The molecule has 1 aliphatic heterocycles. The average Bonchev–Trinajstić information content (AvgIpc) is 3.06. The topological polar surface area (TPSA) is 23.6 Å². The largest absolute Gasteiger partial charge is 0.306 e. The molecule has 2 aliphatic rings. The van der Waals surface area contributed by atoms with Crippen molar-refractivity contribution in [1.82, 2.24) is 9.80 Å². The zero-order valence-corrected chi connectivity index (χ0v) is 24.3. The van der Waals surface area contributed by atoms with E-state index in [-0.39, 0.29) is 0 Å². The number of hydrogen-bond donors (Lipinski definition) is 0. The summed E-state index contributed by atoms with van der Waals surface area (Å²) in [5, 5.41) is 0. The molecule has 1 aliphatic carbocycles. The lowest BCUT2D eigenvalue weighted by Crippen LogP contribution is -2.22. The number of nitrogens with zero attached hydrogens (tertiary/aromatic N) is 2. The number of carbonyl (C=O) groups is 1. The molecule has 1 unspecified atom stereocenters. The van der Waals surface area contributed by atoms with Crippen LogP contribution in [0.25, 0.3) is 0 Å². The Balaban J connectivity index is 0.000000512. The molecule has 1 aromatic carbocycles. The van der Waals surface area contributed by atoms with Gasteiger partial charge in [-0.05, 0) is 109 Å². The Bertz CT molecular complexity index is 790. The van der Waals surface area contributed by atoms with Crippen LogP contribution in [0.15, 0.2) is 41.5 Å². The van der Waals surface area contributed by atoms with Gasteiger partial charge in [-0.2, -0.15) is 0 Å². The molecule has 0 bridgehead atoms. The lowest BCUT2D eigenvalue weighted by atomic mass is 9.94. The molecule has 1 aromatic rings. The lowest BCUT2D eigenvalue weighted by Gasteiger charge is -2.18. The molecule has 0 N–H and O–H groups in total. The molecule has 0 saturated carbocycles. The van der Waals surface area contributed by atoms with Crippen LogP contribution in [0.5, 0.6) is 0 Å². The van der Waals surface area contributed by atoms with Gasteiger partial charge in [0.2, 0.25) is 0 Å². The molecular weight excluding hydrogens is 428 g/mol. The first-order chi connectivity index (χ1) is 16.8. The van der Waals surface area contributed by atoms with E-state index in [0.717, 1.165) is 51.0 Å². The van der Waals surface area contributed by atoms with E-state index < -0.39 is 0 Å². The predicted octanol–water partition coefficient (Wildman–Crippen LogP) is 7.75. The van der Waals surface area contributed by atoms with Crippen LogP contribution >= 0.6 is 0 Å². The zero-order chi connectivity index (χ0) is 26.2. The maximum Gasteiger partial charge on any atom is 0.162 e. The minimum atomic E-state index is 0.314. The molecule has 198 valence electrons. The normalized spacial score (nSPS) is 16.5. The number of allylic oxidation sites excluding steroid dienone is 4. The van der Waals surface area contributed by atoms with Crippen LogP contribution in [-0.2, 0) is 12.8 Å². The Morgan fingerprint density at radius 1 is 0.971 bits per heavy atom. The highest BCUT2D eigenvalue weighted by molar-refractivity contribution is 5.96. The van der Waals surface area contributed by atoms with Crippen LogP contribution in [0.2, 0.25) is 0 Å². The van der Waals surface area contributed by atoms with Gasteiger partial charge in [0, 0.05) is 25.1 Å². The minimum absolute atomic E-state index is 0.314. The standard InChI is InChI=1S/C22H36N2O.C8H12.C2H6/c1-5-13-23(3)14-10-18(2)6-9-22(25)21-8-7-19-11-15-24(4)16-12-20(19)17-21;1-7-5-3-4-6-8(7)2;1-2/h7-8,17-18H,5-6,9-16H2,1-4H3;5-6H,3-4H2,1-2H3;1-2H3. The van der Waals surface area contributed by atoms with E-state index in [2.05, 4.69) is 75.9 Å². The first-order valence-electron chi connectivity index (χ1n) is 14.2. The van der Waals surface area contributed by atoms with E-state index in [1.807, 2.05) is 19.9 Å². The highest BCUT2D eigenvalue weighted by Gasteiger charge is 2.15. The fourth-order valence-electron chi connectivity index (χ4n) is 4.53. The molecule has 3 heteroatoms. The third-order valence-corrected chi connectivity index (χ3v) is 7.22. The first kappa shape index (κ1) is 31.3. The molecule has 1 atom stereocenters. The quantitative estimate of drug-likeness (QED) is 0.336. The molecule has 35 heavy (non-hydrogen) atoms.